The molecule has 20 heavy (non-hydrogen) atoms. The van der Waals surface area contributed by atoms with Crippen molar-refractivity contribution in [2.75, 3.05) is 0 Å². The zero-order valence-corrected chi connectivity index (χ0v) is 12.0. The van der Waals surface area contributed by atoms with Gasteiger partial charge in [-0.05, 0) is 56.1 Å². The van der Waals surface area contributed by atoms with Crippen molar-refractivity contribution in [3.05, 3.63) is 35.4 Å². The predicted molar refractivity (Wildman–Crippen MR) is 78.4 cm³/mol. The summed E-state index contributed by atoms with van der Waals surface area (Å²) < 4.78 is 0. The minimum Gasteiger partial charge on any atom is -0.393 e. The van der Waals surface area contributed by atoms with Crippen molar-refractivity contribution in [1.82, 2.24) is 5.32 Å². The first-order chi connectivity index (χ1) is 9.65. The van der Waals surface area contributed by atoms with Gasteiger partial charge in [0.1, 0.15) is 0 Å². The standard InChI is InChI=1S/C17H23NO2/c1-11-4-2-3-5-14(11)15-10-16(15)17(20)18-12-6-8-13(19)9-7-12/h2-5,12-13,15-16,19H,6-10H2,1H3,(H,18,20). The van der Waals surface area contributed by atoms with Gasteiger partial charge >= 0.3 is 0 Å². The Kier molecular flexibility index (Phi) is 3.79. The number of rotatable bonds is 3. The summed E-state index contributed by atoms with van der Waals surface area (Å²) in [4.78, 5) is 12.3. The molecule has 1 amide bonds. The highest BCUT2D eigenvalue weighted by molar-refractivity contribution is 5.83. The van der Waals surface area contributed by atoms with Crippen LogP contribution < -0.4 is 5.32 Å². The molecular weight excluding hydrogens is 250 g/mol. The van der Waals surface area contributed by atoms with Gasteiger partial charge < -0.3 is 10.4 Å². The van der Waals surface area contributed by atoms with Gasteiger partial charge in [-0.3, -0.25) is 4.79 Å². The maximum absolute atomic E-state index is 12.3. The fourth-order valence-corrected chi connectivity index (χ4v) is 3.36. The summed E-state index contributed by atoms with van der Waals surface area (Å²) in [6.07, 6.45) is 4.27. The minimum absolute atomic E-state index is 0.156. The molecule has 0 aliphatic heterocycles. The third-order valence-corrected chi connectivity index (χ3v) is 4.76. The Morgan fingerprint density at radius 3 is 2.60 bits per heavy atom. The molecule has 108 valence electrons. The molecule has 1 aromatic carbocycles. The van der Waals surface area contributed by atoms with E-state index in [-0.39, 0.29) is 24.0 Å². The molecule has 2 aliphatic rings. The average Bonchev–Trinajstić information content (AvgIpc) is 3.22. The van der Waals surface area contributed by atoms with Gasteiger partial charge in [-0.2, -0.15) is 0 Å². The lowest BCUT2D eigenvalue weighted by molar-refractivity contribution is -0.123. The number of amides is 1. The topological polar surface area (TPSA) is 49.3 Å². The number of aliphatic hydroxyl groups excluding tert-OH is 1. The second-order valence-corrected chi connectivity index (χ2v) is 6.32. The van der Waals surface area contributed by atoms with Crippen LogP contribution in [0.2, 0.25) is 0 Å². The number of benzene rings is 1. The molecule has 0 spiro atoms. The Hall–Kier alpha value is -1.35. The maximum Gasteiger partial charge on any atom is 0.223 e. The number of nitrogens with one attached hydrogen (secondary N) is 1. The third-order valence-electron chi connectivity index (χ3n) is 4.76. The van der Waals surface area contributed by atoms with E-state index in [0.29, 0.717) is 5.92 Å². The molecule has 0 saturated heterocycles. The van der Waals surface area contributed by atoms with Crippen LogP contribution in [0.1, 0.15) is 49.1 Å². The van der Waals surface area contributed by atoms with Crippen LogP contribution in [0.4, 0.5) is 0 Å². The zero-order valence-electron chi connectivity index (χ0n) is 12.0. The molecule has 2 N–H and O–H groups in total. The lowest BCUT2D eigenvalue weighted by Gasteiger charge is -2.26. The lowest BCUT2D eigenvalue weighted by Crippen LogP contribution is -2.39. The van der Waals surface area contributed by atoms with Gasteiger partial charge in [0.05, 0.1) is 6.10 Å². The second-order valence-electron chi connectivity index (χ2n) is 6.32. The van der Waals surface area contributed by atoms with Crippen molar-refractivity contribution in [2.45, 2.75) is 57.1 Å². The number of carbonyl (C=O) groups excluding carboxylic acids is 1. The number of hydrogen-bond acceptors (Lipinski definition) is 2. The molecule has 2 unspecified atom stereocenters. The van der Waals surface area contributed by atoms with Gasteiger partial charge in [0, 0.05) is 12.0 Å². The monoisotopic (exact) mass is 273 g/mol. The molecule has 2 atom stereocenters. The molecule has 0 heterocycles. The normalized spacial score (nSPS) is 32.7. The number of hydrogen-bond donors (Lipinski definition) is 2. The highest BCUT2D eigenvalue weighted by atomic mass is 16.3. The Bertz CT molecular complexity index is 492. The summed E-state index contributed by atoms with van der Waals surface area (Å²) in [7, 11) is 0. The summed E-state index contributed by atoms with van der Waals surface area (Å²) in [5.41, 5.74) is 2.61. The highest BCUT2D eigenvalue weighted by Gasteiger charge is 2.44. The van der Waals surface area contributed by atoms with E-state index in [4.69, 9.17) is 0 Å². The molecule has 3 nitrogen and oxygen atoms in total. The van der Waals surface area contributed by atoms with Crippen LogP contribution in [-0.4, -0.2) is 23.2 Å². The van der Waals surface area contributed by atoms with Gasteiger partial charge in [-0.1, -0.05) is 24.3 Å². The summed E-state index contributed by atoms with van der Waals surface area (Å²) >= 11 is 0. The summed E-state index contributed by atoms with van der Waals surface area (Å²) in [5, 5.41) is 12.7. The average molecular weight is 273 g/mol. The first kappa shape index (κ1) is 13.6. The van der Waals surface area contributed by atoms with Gasteiger partial charge in [-0.15, -0.1) is 0 Å². The van der Waals surface area contributed by atoms with Crippen molar-refractivity contribution in [3.63, 3.8) is 0 Å². The van der Waals surface area contributed by atoms with Crippen LogP contribution in [0, 0.1) is 12.8 Å². The molecule has 0 radical (unpaired) electrons. The van der Waals surface area contributed by atoms with Crippen LogP contribution in [0.5, 0.6) is 0 Å². The Balaban J connectivity index is 1.54. The number of carbonyl (C=O) groups is 1. The van der Waals surface area contributed by atoms with Crippen molar-refractivity contribution < 1.29 is 9.90 Å². The van der Waals surface area contributed by atoms with Crippen LogP contribution in [0.25, 0.3) is 0 Å². The largest absolute Gasteiger partial charge is 0.393 e. The molecule has 2 fully saturated rings. The second kappa shape index (κ2) is 5.57. The van der Waals surface area contributed by atoms with Crippen molar-refractivity contribution in [1.29, 1.82) is 0 Å². The van der Waals surface area contributed by atoms with E-state index in [1.54, 1.807) is 0 Å². The van der Waals surface area contributed by atoms with Crippen molar-refractivity contribution in [2.24, 2.45) is 5.92 Å². The van der Waals surface area contributed by atoms with E-state index >= 15 is 0 Å². The molecule has 3 rings (SSSR count). The zero-order chi connectivity index (χ0) is 14.1. The minimum atomic E-state index is -0.163. The quantitative estimate of drug-likeness (QED) is 0.889. The highest BCUT2D eigenvalue weighted by Crippen LogP contribution is 2.48. The Morgan fingerprint density at radius 2 is 1.90 bits per heavy atom. The summed E-state index contributed by atoms with van der Waals surface area (Å²) in [6, 6.07) is 8.63. The van der Waals surface area contributed by atoms with E-state index in [0.717, 1.165) is 32.1 Å². The van der Waals surface area contributed by atoms with Crippen LogP contribution >= 0.6 is 0 Å². The van der Waals surface area contributed by atoms with Gasteiger partial charge in [-0.25, -0.2) is 0 Å². The maximum atomic E-state index is 12.3. The van der Waals surface area contributed by atoms with E-state index in [2.05, 4.69) is 30.4 Å². The van der Waals surface area contributed by atoms with Crippen molar-refractivity contribution >= 4 is 5.91 Å². The Morgan fingerprint density at radius 1 is 1.20 bits per heavy atom. The fourth-order valence-electron chi connectivity index (χ4n) is 3.36. The van der Waals surface area contributed by atoms with Gasteiger partial charge in [0.15, 0.2) is 0 Å². The molecule has 0 bridgehead atoms. The van der Waals surface area contributed by atoms with E-state index in [9.17, 15) is 9.90 Å². The number of aryl methyl sites for hydroxylation is 1. The third kappa shape index (κ3) is 2.88. The molecule has 0 aromatic heterocycles. The SMILES string of the molecule is Cc1ccccc1C1CC1C(=O)NC1CCC(O)CC1. The predicted octanol–water partition coefficient (Wildman–Crippen LogP) is 2.52. The van der Waals surface area contributed by atoms with Crippen LogP contribution in [-0.2, 0) is 4.79 Å². The fraction of sp³-hybridized carbons (Fsp3) is 0.588. The molecule has 1 aromatic rings. The Labute approximate surface area is 120 Å². The molecule has 2 aliphatic carbocycles. The van der Waals surface area contributed by atoms with Crippen LogP contribution in [0.3, 0.4) is 0 Å². The van der Waals surface area contributed by atoms with Gasteiger partial charge in [0.25, 0.3) is 0 Å². The molecular formula is C17H23NO2. The first-order valence-electron chi connectivity index (χ1n) is 7.69. The number of aliphatic hydroxyl groups is 1. The van der Waals surface area contributed by atoms with Gasteiger partial charge in [0.2, 0.25) is 5.91 Å². The summed E-state index contributed by atoms with van der Waals surface area (Å²) in [6.45, 7) is 2.12. The van der Waals surface area contributed by atoms with E-state index < -0.39 is 0 Å². The first-order valence-corrected chi connectivity index (χ1v) is 7.69. The molecule has 3 heteroatoms. The summed E-state index contributed by atoms with van der Waals surface area (Å²) in [5.74, 6) is 0.771. The van der Waals surface area contributed by atoms with Crippen LogP contribution in [0.15, 0.2) is 24.3 Å². The smallest absolute Gasteiger partial charge is 0.223 e. The van der Waals surface area contributed by atoms with E-state index in [1.165, 1.54) is 11.1 Å². The lowest BCUT2D eigenvalue weighted by atomic mass is 9.93. The van der Waals surface area contributed by atoms with E-state index in [1.807, 2.05) is 6.07 Å². The molecule has 2 saturated carbocycles. The van der Waals surface area contributed by atoms with Crippen molar-refractivity contribution in [3.8, 4) is 0 Å².